The van der Waals surface area contributed by atoms with Gasteiger partial charge >= 0.3 is 0 Å². The van der Waals surface area contributed by atoms with E-state index in [4.69, 9.17) is 4.74 Å². The molecule has 1 aliphatic carbocycles. The Balaban J connectivity index is 1.21. The van der Waals surface area contributed by atoms with Gasteiger partial charge in [-0.2, -0.15) is 5.26 Å². The second-order valence-electron chi connectivity index (χ2n) is 8.29. The summed E-state index contributed by atoms with van der Waals surface area (Å²) < 4.78 is 5.22. The summed E-state index contributed by atoms with van der Waals surface area (Å²) in [7, 11) is 1.69. The number of amides is 1. The quantitative estimate of drug-likeness (QED) is 0.715. The summed E-state index contributed by atoms with van der Waals surface area (Å²) in [5.41, 5.74) is 3.16. The van der Waals surface area contributed by atoms with Crippen LogP contribution in [0.5, 0.6) is 5.75 Å². The van der Waals surface area contributed by atoms with Crippen LogP contribution in [0, 0.1) is 11.3 Å². The van der Waals surface area contributed by atoms with Gasteiger partial charge in [-0.1, -0.05) is 12.1 Å². The lowest BCUT2D eigenvalue weighted by Gasteiger charge is -2.34. The van der Waals surface area contributed by atoms with E-state index in [9.17, 15) is 10.1 Å². The molecule has 1 N–H and O–H groups in total. The van der Waals surface area contributed by atoms with E-state index < -0.39 is 0 Å². The third kappa shape index (κ3) is 5.45. The van der Waals surface area contributed by atoms with Gasteiger partial charge < -0.3 is 15.0 Å². The first kappa shape index (κ1) is 21.8. The number of nitriles is 1. The molecule has 0 atom stereocenters. The zero-order valence-electron chi connectivity index (χ0n) is 18.2. The summed E-state index contributed by atoms with van der Waals surface area (Å²) in [6.45, 7) is 5.65. The average molecular weight is 439 g/mol. The lowest BCUT2D eigenvalue weighted by Crippen LogP contribution is -2.46. The van der Waals surface area contributed by atoms with Crippen LogP contribution in [0.1, 0.15) is 40.8 Å². The fourth-order valence-corrected chi connectivity index (χ4v) is 5.64. The molecule has 0 saturated carbocycles. The van der Waals surface area contributed by atoms with Crippen molar-refractivity contribution in [3.05, 3.63) is 45.8 Å². The minimum atomic E-state index is 0.00996. The van der Waals surface area contributed by atoms with Crippen molar-refractivity contribution in [2.45, 2.75) is 38.6 Å². The van der Waals surface area contributed by atoms with E-state index in [1.165, 1.54) is 22.4 Å². The third-order valence-electron chi connectivity index (χ3n) is 6.22. The van der Waals surface area contributed by atoms with Gasteiger partial charge in [0.2, 0.25) is 5.91 Å². The number of rotatable bonds is 7. The van der Waals surface area contributed by atoms with Gasteiger partial charge in [-0.15, -0.1) is 11.3 Å². The Morgan fingerprint density at radius 2 is 1.84 bits per heavy atom. The summed E-state index contributed by atoms with van der Waals surface area (Å²) in [5, 5.41) is 13.3. The molecule has 7 heteroatoms. The Morgan fingerprint density at radius 1 is 1.13 bits per heavy atom. The topological polar surface area (TPSA) is 68.6 Å². The predicted molar refractivity (Wildman–Crippen MR) is 124 cm³/mol. The van der Waals surface area contributed by atoms with Gasteiger partial charge in [-0.25, -0.2) is 0 Å². The standard InChI is InChI=1S/C24H30N4O2S/c1-30-19-8-6-18(7-9-19)17-28-14-12-27(13-15-28)11-10-23(29)26-24-21(16-25)20-4-2-3-5-22(20)31-24/h6-9H,2-5,10-15,17H2,1H3,(H,26,29). The van der Waals surface area contributed by atoms with E-state index in [2.05, 4.69) is 33.3 Å². The van der Waals surface area contributed by atoms with E-state index in [1.807, 2.05) is 12.1 Å². The third-order valence-corrected chi connectivity index (χ3v) is 7.43. The van der Waals surface area contributed by atoms with Gasteiger partial charge in [0.15, 0.2) is 0 Å². The SMILES string of the molecule is COc1ccc(CN2CCN(CCC(=O)Nc3sc4c(c3C#N)CCCC4)CC2)cc1. The van der Waals surface area contributed by atoms with Gasteiger partial charge in [-0.3, -0.25) is 9.69 Å². The zero-order valence-corrected chi connectivity index (χ0v) is 19.0. The number of aryl methyl sites for hydroxylation is 1. The number of thiophene rings is 1. The van der Waals surface area contributed by atoms with E-state index in [-0.39, 0.29) is 5.91 Å². The summed E-state index contributed by atoms with van der Waals surface area (Å²) in [6.07, 6.45) is 4.77. The molecule has 31 heavy (non-hydrogen) atoms. The molecule has 6 nitrogen and oxygen atoms in total. The highest BCUT2D eigenvalue weighted by atomic mass is 32.1. The van der Waals surface area contributed by atoms with E-state index >= 15 is 0 Å². The van der Waals surface area contributed by atoms with E-state index in [0.717, 1.165) is 69.3 Å². The number of nitrogens with zero attached hydrogens (tertiary/aromatic N) is 3. The molecular weight excluding hydrogens is 408 g/mol. The number of piperazine rings is 1. The number of hydrogen-bond donors (Lipinski definition) is 1. The number of ether oxygens (including phenoxy) is 1. The maximum absolute atomic E-state index is 12.5. The Morgan fingerprint density at radius 3 is 2.55 bits per heavy atom. The molecular formula is C24H30N4O2S. The fourth-order valence-electron chi connectivity index (χ4n) is 4.38. The number of fused-ring (bicyclic) bond motifs is 1. The Hall–Kier alpha value is -2.40. The highest BCUT2D eigenvalue weighted by molar-refractivity contribution is 7.16. The van der Waals surface area contributed by atoms with Crippen molar-refractivity contribution in [3.8, 4) is 11.8 Å². The van der Waals surface area contributed by atoms with E-state index in [1.54, 1.807) is 18.4 Å². The molecule has 164 valence electrons. The molecule has 1 saturated heterocycles. The highest BCUT2D eigenvalue weighted by Gasteiger charge is 2.22. The molecule has 0 radical (unpaired) electrons. The number of benzene rings is 1. The number of nitrogens with one attached hydrogen (secondary N) is 1. The second-order valence-corrected chi connectivity index (χ2v) is 9.40. The molecule has 2 heterocycles. The number of carbonyl (C=O) groups excluding carboxylic acids is 1. The normalized spacial score (nSPS) is 17.0. The Labute approximate surface area is 188 Å². The number of anilines is 1. The Kier molecular flexibility index (Phi) is 7.23. The highest BCUT2D eigenvalue weighted by Crippen LogP contribution is 2.37. The van der Waals surface area contributed by atoms with Crippen LogP contribution in [0.4, 0.5) is 5.00 Å². The maximum atomic E-state index is 12.5. The van der Waals surface area contributed by atoms with Crippen LogP contribution in [0.3, 0.4) is 0 Å². The molecule has 0 spiro atoms. The molecule has 1 aromatic heterocycles. The summed E-state index contributed by atoms with van der Waals surface area (Å²) in [6, 6.07) is 10.6. The van der Waals surface area contributed by atoms with Gasteiger partial charge in [-0.05, 0) is 48.9 Å². The molecule has 0 unspecified atom stereocenters. The van der Waals surface area contributed by atoms with E-state index in [0.29, 0.717) is 12.0 Å². The molecule has 2 aromatic rings. The first-order valence-electron chi connectivity index (χ1n) is 11.1. The zero-order chi connectivity index (χ0) is 21.6. The lowest BCUT2D eigenvalue weighted by atomic mass is 9.96. The van der Waals surface area contributed by atoms with Gasteiger partial charge in [0.05, 0.1) is 12.7 Å². The fraction of sp³-hybridized carbons (Fsp3) is 0.500. The van der Waals surface area contributed by atoms with Crippen molar-refractivity contribution in [1.82, 2.24) is 9.80 Å². The average Bonchev–Trinajstić information content (AvgIpc) is 3.16. The second kappa shape index (κ2) is 10.3. The molecule has 1 fully saturated rings. The van der Waals surface area contributed by atoms with Crippen molar-refractivity contribution in [2.75, 3.05) is 45.2 Å². The van der Waals surface area contributed by atoms with Crippen molar-refractivity contribution < 1.29 is 9.53 Å². The van der Waals surface area contributed by atoms with Crippen LogP contribution >= 0.6 is 11.3 Å². The Bertz CT molecular complexity index is 940. The molecule has 1 aromatic carbocycles. The van der Waals surface area contributed by atoms with Crippen molar-refractivity contribution in [3.63, 3.8) is 0 Å². The van der Waals surface area contributed by atoms with Gasteiger partial charge in [0.1, 0.15) is 16.8 Å². The minimum absolute atomic E-state index is 0.00996. The van der Waals surface area contributed by atoms with Crippen LogP contribution in [0.2, 0.25) is 0 Å². The van der Waals surface area contributed by atoms with Crippen LogP contribution in [0.25, 0.3) is 0 Å². The largest absolute Gasteiger partial charge is 0.497 e. The molecule has 1 amide bonds. The molecule has 4 rings (SSSR count). The number of carbonyl (C=O) groups is 1. The van der Waals surface area contributed by atoms with Crippen LogP contribution in [0.15, 0.2) is 24.3 Å². The van der Waals surface area contributed by atoms with Crippen LogP contribution < -0.4 is 10.1 Å². The summed E-state index contributed by atoms with van der Waals surface area (Å²) in [5.74, 6) is 0.896. The maximum Gasteiger partial charge on any atom is 0.226 e. The van der Waals surface area contributed by atoms with Crippen molar-refractivity contribution >= 4 is 22.2 Å². The van der Waals surface area contributed by atoms with Crippen LogP contribution in [-0.2, 0) is 24.2 Å². The predicted octanol–water partition coefficient (Wildman–Crippen LogP) is 3.65. The molecule has 2 aliphatic rings. The van der Waals surface area contributed by atoms with Crippen molar-refractivity contribution in [2.24, 2.45) is 0 Å². The first-order valence-corrected chi connectivity index (χ1v) is 11.9. The van der Waals surface area contributed by atoms with Crippen molar-refractivity contribution in [1.29, 1.82) is 5.26 Å². The van der Waals surface area contributed by atoms with Crippen LogP contribution in [-0.4, -0.2) is 55.5 Å². The van der Waals surface area contributed by atoms with Gasteiger partial charge in [0, 0.05) is 50.6 Å². The lowest BCUT2D eigenvalue weighted by molar-refractivity contribution is -0.116. The van der Waals surface area contributed by atoms with Gasteiger partial charge in [0.25, 0.3) is 0 Å². The smallest absolute Gasteiger partial charge is 0.226 e. The summed E-state index contributed by atoms with van der Waals surface area (Å²) >= 11 is 1.60. The number of hydrogen-bond acceptors (Lipinski definition) is 6. The monoisotopic (exact) mass is 438 g/mol. The molecule has 0 bridgehead atoms. The first-order chi connectivity index (χ1) is 15.2. The summed E-state index contributed by atoms with van der Waals surface area (Å²) in [4.78, 5) is 18.6. The number of methoxy groups -OCH3 is 1. The molecule has 1 aliphatic heterocycles. The minimum Gasteiger partial charge on any atom is -0.497 e.